The predicted octanol–water partition coefficient (Wildman–Crippen LogP) is 3.35. The van der Waals surface area contributed by atoms with Gasteiger partial charge in [0.1, 0.15) is 6.33 Å². The molecule has 0 radical (unpaired) electrons. The molecule has 0 bridgehead atoms. The number of benzene rings is 2. The maximum atomic E-state index is 11.2. The molecule has 0 saturated carbocycles. The number of nitrogens with zero attached hydrogens (tertiary/aromatic N) is 4. The Hall–Kier alpha value is -3.62. The molecule has 3 aromatic rings. The van der Waals surface area contributed by atoms with E-state index < -0.39 is 4.92 Å². The van der Waals surface area contributed by atoms with Crippen molar-refractivity contribution in [3.8, 4) is 11.5 Å². The van der Waals surface area contributed by atoms with E-state index in [9.17, 15) is 10.1 Å². The molecule has 2 atom stereocenters. The number of nitro benzene ring substituents is 1. The van der Waals surface area contributed by atoms with Gasteiger partial charge in [-0.15, -0.1) is 0 Å². The van der Waals surface area contributed by atoms with E-state index in [0.29, 0.717) is 23.9 Å². The van der Waals surface area contributed by atoms with Crippen LogP contribution in [0.2, 0.25) is 0 Å². The van der Waals surface area contributed by atoms with Crippen LogP contribution in [0.1, 0.15) is 29.6 Å². The Morgan fingerprint density at radius 2 is 2.04 bits per heavy atom. The van der Waals surface area contributed by atoms with Crippen LogP contribution in [-0.2, 0) is 0 Å². The number of nitrogens with one attached hydrogen (secondary N) is 1. The van der Waals surface area contributed by atoms with Crippen LogP contribution in [0.3, 0.4) is 0 Å². The summed E-state index contributed by atoms with van der Waals surface area (Å²) < 4.78 is 12.8. The Morgan fingerprint density at radius 1 is 1.21 bits per heavy atom. The van der Waals surface area contributed by atoms with Crippen molar-refractivity contribution in [2.24, 2.45) is 0 Å². The van der Waals surface area contributed by atoms with Crippen molar-refractivity contribution >= 4 is 11.6 Å². The van der Waals surface area contributed by atoms with Gasteiger partial charge in [0.2, 0.25) is 5.95 Å². The lowest BCUT2D eigenvalue weighted by Crippen LogP contribution is -2.28. The molecule has 0 amide bonds. The van der Waals surface area contributed by atoms with Gasteiger partial charge in [-0.05, 0) is 18.1 Å². The van der Waals surface area contributed by atoms with Crippen LogP contribution in [0.4, 0.5) is 11.6 Å². The summed E-state index contributed by atoms with van der Waals surface area (Å²) in [7, 11) is 3.19. The molecule has 2 aromatic carbocycles. The van der Waals surface area contributed by atoms with Gasteiger partial charge >= 0.3 is 0 Å². The number of aromatic nitrogens is 3. The van der Waals surface area contributed by atoms with Gasteiger partial charge in [-0.1, -0.05) is 24.3 Å². The highest BCUT2D eigenvalue weighted by Crippen LogP contribution is 2.43. The third-order valence-electron chi connectivity index (χ3n) is 4.91. The average Bonchev–Trinajstić information content (AvgIpc) is 3.21. The fraction of sp³-hybridized carbons (Fsp3) is 0.263. The Kier molecular flexibility index (Phi) is 4.56. The molecule has 28 heavy (non-hydrogen) atoms. The Balaban J connectivity index is 1.78. The molecule has 1 aromatic heterocycles. The minimum atomic E-state index is -0.391. The summed E-state index contributed by atoms with van der Waals surface area (Å²) in [5.74, 6) is 1.86. The Bertz CT molecular complexity index is 1020. The zero-order valence-electron chi connectivity index (χ0n) is 15.4. The lowest BCUT2D eigenvalue weighted by molar-refractivity contribution is -0.384. The number of rotatable bonds is 5. The van der Waals surface area contributed by atoms with E-state index in [4.69, 9.17) is 9.47 Å². The fourth-order valence-electron chi connectivity index (χ4n) is 3.63. The molecule has 0 saturated heterocycles. The first-order valence-electron chi connectivity index (χ1n) is 8.73. The SMILES string of the molecule is COc1cccc([C@H]2C[C@H](c3cccc([N+](=O)[O-])c3)Nc3ncnn32)c1OC. The van der Waals surface area contributed by atoms with Gasteiger partial charge < -0.3 is 14.8 Å². The van der Waals surface area contributed by atoms with Gasteiger partial charge in [-0.3, -0.25) is 10.1 Å². The van der Waals surface area contributed by atoms with Crippen LogP contribution >= 0.6 is 0 Å². The van der Waals surface area contributed by atoms with Crippen molar-refractivity contribution in [2.75, 3.05) is 19.5 Å². The van der Waals surface area contributed by atoms with Crippen molar-refractivity contribution in [2.45, 2.75) is 18.5 Å². The largest absolute Gasteiger partial charge is 0.493 e. The first-order valence-corrected chi connectivity index (χ1v) is 8.73. The summed E-state index contributed by atoms with van der Waals surface area (Å²) in [6.45, 7) is 0. The number of ether oxygens (including phenoxy) is 2. The Morgan fingerprint density at radius 3 is 2.79 bits per heavy atom. The molecule has 4 rings (SSSR count). The second kappa shape index (κ2) is 7.18. The summed E-state index contributed by atoms with van der Waals surface area (Å²) in [5, 5.41) is 18.8. The van der Waals surface area contributed by atoms with Gasteiger partial charge in [-0.25, -0.2) is 4.68 Å². The second-order valence-electron chi connectivity index (χ2n) is 6.41. The van der Waals surface area contributed by atoms with E-state index in [0.717, 1.165) is 11.1 Å². The van der Waals surface area contributed by atoms with Crippen LogP contribution in [0.15, 0.2) is 48.8 Å². The average molecular weight is 381 g/mol. The third kappa shape index (κ3) is 3.00. The number of methoxy groups -OCH3 is 2. The predicted molar refractivity (Wildman–Crippen MR) is 102 cm³/mol. The van der Waals surface area contributed by atoms with Gasteiger partial charge in [-0.2, -0.15) is 10.1 Å². The van der Waals surface area contributed by atoms with E-state index in [-0.39, 0.29) is 17.8 Å². The van der Waals surface area contributed by atoms with Gasteiger partial charge in [0, 0.05) is 17.7 Å². The van der Waals surface area contributed by atoms with Crippen LogP contribution in [-0.4, -0.2) is 33.9 Å². The molecule has 144 valence electrons. The molecular formula is C19H19N5O4. The van der Waals surface area contributed by atoms with Crippen LogP contribution in [0.25, 0.3) is 0 Å². The molecule has 0 unspecified atom stereocenters. The van der Waals surface area contributed by atoms with Crippen LogP contribution < -0.4 is 14.8 Å². The topological polar surface area (TPSA) is 104 Å². The summed E-state index contributed by atoms with van der Waals surface area (Å²) in [6, 6.07) is 12.0. The number of fused-ring (bicyclic) bond motifs is 1. The molecule has 9 heteroatoms. The highest BCUT2D eigenvalue weighted by atomic mass is 16.6. The van der Waals surface area contributed by atoms with Crippen molar-refractivity contribution < 1.29 is 14.4 Å². The molecule has 0 aliphatic carbocycles. The molecule has 1 aliphatic rings. The van der Waals surface area contributed by atoms with E-state index in [1.54, 1.807) is 31.0 Å². The number of para-hydroxylation sites is 1. The normalized spacial score (nSPS) is 18.1. The third-order valence-corrected chi connectivity index (χ3v) is 4.91. The zero-order valence-corrected chi connectivity index (χ0v) is 15.4. The molecule has 1 N–H and O–H groups in total. The first-order chi connectivity index (χ1) is 13.6. The van der Waals surface area contributed by atoms with Crippen molar-refractivity contribution in [1.82, 2.24) is 14.8 Å². The molecular weight excluding hydrogens is 362 g/mol. The number of hydrogen-bond donors (Lipinski definition) is 1. The number of non-ortho nitro benzene ring substituents is 1. The Labute approximate surface area is 161 Å². The van der Waals surface area contributed by atoms with E-state index in [1.807, 2.05) is 24.3 Å². The maximum absolute atomic E-state index is 11.2. The fourth-order valence-corrected chi connectivity index (χ4v) is 3.63. The van der Waals surface area contributed by atoms with Crippen molar-refractivity contribution in [1.29, 1.82) is 0 Å². The van der Waals surface area contributed by atoms with E-state index >= 15 is 0 Å². The van der Waals surface area contributed by atoms with E-state index in [1.165, 1.54) is 12.4 Å². The molecule has 2 heterocycles. The zero-order chi connectivity index (χ0) is 19.7. The van der Waals surface area contributed by atoms with Gasteiger partial charge in [0.05, 0.1) is 31.2 Å². The lowest BCUT2D eigenvalue weighted by atomic mass is 9.92. The summed E-state index contributed by atoms with van der Waals surface area (Å²) in [4.78, 5) is 15.1. The van der Waals surface area contributed by atoms with Crippen molar-refractivity contribution in [3.63, 3.8) is 0 Å². The number of nitro groups is 1. The van der Waals surface area contributed by atoms with Crippen LogP contribution in [0.5, 0.6) is 11.5 Å². The minimum absolute atomic E-state index is 0.0573. The van der Waals surface area contributed by atoms with Crippen molar-refractivity contribution in [3.05, 3.63) is 70.0 Å². The van der Waals surface area contributed by atoms with Gasteiger partial charge in [0.25, 0.3) is 5.69 Å². The monoisotopic (exact) mass is 381 g/mol. The summed E-state index contributed by atoms with van der Waals surface area (Å²) in [5.41, 5.74) is 1.78. The first kappa shape index (κ1) is 17.8. The molecule has 1 aliphatic heterocycles. The molecule has 0 fully saturated rings. The maximum Gasteiger partial charge on any atom is 0.269 e. The molecule has 0 spiro atoms. The minimum Gasteiger partial charge on any atom is -0.493 e. The lowest BCUT2D eigenvalue weighted by Gasteiger charge is -2.32. The highest BCUT2D eigenvalue weighted by molar-refractivity contribution is 5.50. The second-order valence-corrected chi connectivity index (χ2v) is 6.41. The standard InChI is InChI=1S/C19H19N5O4/c1-27-17-8-4-7-14(18(17)28-2)16-10-15(22-19-20-11-21-23(16)19)12-5-3-6-13(9-12)24(25)26/h3-9,11,15-16H,10H2,1-2H3,(H,20,21,22)/t15-,16-/m1/s1. The highest BCUT2D eigenvalue weighted by Gasteiger charge is 2.32. The summed E-state index contributed by atoms with van der Waals surface area (Å²) >= 11 is 0. The number of anilines is 1. The van der Waals surface area contributed by atoms with E-state index in [2.05, 4.69) is 15.4 Å². The number of hydrogen-bond acceptors (Lipinski definition) is 7. The smallest absolute Gasteiger partial charge is 0.269 e. The summed E-state index contributed by atoms with van der Waals surface area (Å²) in [6.07, 6.45) is 2.10. The van der Waals surface area contributed by atoms with Gasteiger partial charge in [0.15, 0.2) is 11.5 Å². The quantitative estimate of drug-likeness (QED) is 0.534. The molecule has 9 nitrogen and oxygen atoms in total. The van der Waals surface area contributed by atoms with Crippen LogP contribution in [0, 0.1) is 10.1 Å².